The maximum atomic E-state index is 13.4. The van der Waals surface area contributed by atoms with Gasteiger partial charge in [-0.05, 0) is 55.8 Å². The van der Waals surface area contributed by atoms with Crippen LogP contribution in [0.25, 0.3) is 22.1 Å². The molecule has 1 saturated heterocycles. The Bertz CT molecular complexity index is 1050. The van der Waals surface area contributed by atoms with E-state index in [1.165, 1.54) is 30.7 Å². The van der Waals surface area contributed by atoms with Crippen LogP contribution < -0.4 is 10.7 Å². The van der Waals surface area contributed by atoms with E-state index in [0.717, 1.165) is 25.9 Å². The third-order valence-electron chi connectivity index (χ3n) is 5.00. The van der Waals surface area contributed by atoms with Crippen LogP contribution in [0, 0.1) is 5.82 Å². The number of piperidine rings is 1. The average Bonchev–Trinajstić information content (AvgIpc) is 2.70. The molecular weight excluding hydrogens is 359 g/mol. The van der Waals surface area contributed by atoms with Crippen LogP contribution in [0.2, 0.25) is 0 Å². The van der Waals surface area contributed by atoms with Gasteiger partial charge in [0, 0.05) is 0 Å². The Morgan fingerprint density at radius 1 is 1.04 bits per heavy atom. The molecule has 0 aliphatic carbocycles. The zero-order valence-corrected chi connectivity index (χ0v) is 15.4. The normalized spacial score (nSPS) is 14.9. The Morgan fingerprint density at radius 2 is 1.75 bits per heavy atom. The maximum Gasteiger partial charge on any atom is 0.240 e. The van der Waals surface area contributed by atoms with Gasteiger partial charge in [0.15, 0.2) is 0 Å². The molecule has 0 spiro atoms. The highest BCUT2D eigenvalue weighted by molar-refractivity contribution is 5.97. The van der Waals surface area contributed by atoms with Crippen molar-refractivity contribution in [3.05, 3.63) is 64.6 Å². The fourth-order valence-corrected chi connectivity index (χ4v) is 3.60. The second-order valence-electron chi connectivity index (χ2n) is 7.02. The second-order valence-corrected chi connectivity index (χ2v) is 7.02. The lowest BCUT2D eigenvalue weighted by Gasteiger charge is -2.25. The lowest BCUT2D eigenvalue weighted by atomic mass is 10.0. The van der Waals surface area contributed by atoms with Crippen molar-refractivity contribution in [2.24, 2.45) is 0 Å². The molecule has 0 bridgehead atoms. The van der Waals surface area contributed by atoms with Crippen molar-refractivity contribution in [1.82, 2.24) is 4.90 Å². The summed E-state index contributed by atoms with van der Waals surface area (Å²) >= 11 is 0. The highest BCUT2D eigenvalue weighted by Gasteiger charge is 2.20. The van der Waals surface area contributed by atoms with Crippen LogP contribution in [0.4, 0.5) is 10.3 Å². The first-order valence-electron chi connectivity index (χ1n) is 9.46. The topological polar surface area (TPSA) is 62.6 Å². The number of likely N-dealkylation sites (tertiary alicyclic amines) is 1. The zero-order valence-electron chi connectivity index (χ0n) is 15.4. The zero-order chi connectivity index (χ0) is 19.5. The van der Waals surface area contributed by atoms with Crippen molar-refractivity contribution in [2.75, 3.05) is 25.0 Å². The molecule has 144 valence electrons. The van der Waals surface area contributed by atoms with Gasteiger partial charge in [-0.2, -0.15) is 0 Å². The van der Waals surface area contributed by atoms with E-state index < -0.39 is 5.82 Å². The molecule has 0 saturated carbocycles. The number of benzene rings is 2. The molecule has 5 nitrogen and oxygen atoms in total. The largest absolute Gasteiger partial charge is 0.439 e. The average molecular weight is 380 g/mol. The molecule has 0 radical (unpaired) electrons. The van der Waals surface area contributed by atoms with Gasteiger partial charge in [0.25, 0.3) is 0 Å². The molecule has 1 aliphatic heterocycles. The van der Waals surface area contributed by atoms with Gasteiger partial charge in [0.2, 0.25) is 17.2 Å². The number of hydrogen-bond acceptors (Lipinski definition) is 4. The van der Waals surface area contributed by atoms with Crippen LogP contribution in [-0.4, -0.2) is 30.4 Å². The number of para-hydroxylation sites is 1. The molecule has 0 atom stereocenters. The number of nitrogens with one attached hydrogen (secondary N) is 1. The molecular formula is C22H21FN2O3. The van der Waals surface area contributed by atoms with Crippen LogP contribution in [0.1, 0.15) is 19.3 Å². The third kappa shape index (κ3) is 3.82. The smallest absolute Gasteiger partial charge is 0.240 e. The van der Waals surface area contributed by atoms with Gasteiger partial charge >= 0.3 is 0 Å². The molecule has 1 amide bonds. The van der Waals surface area contributed by atoms with Crippen LogP contribution >= 0.6 is 0 Å². The fraction of sp³-hybridized carbons (Fsp3) is 0.273. The van der Waals surface area contributed by atoms with Gasteiger partial charge in [-0.15, -0.1) is 0 Å². The molecule has 6 heteroatoms. The van der Waals surface area contributed by atoms with Crippen molar-refractivity contribution in [2.45, 2.75) is 19.3 Å². The first-order chi connectivity index (χ1) is 13.6. The van der Waals surface area contributed by atoms with Crippen molar-refractivity contribution >= 4 is 22.8 Å². The maximum absolute atomic E-state index is 13.4. The predicted octanol–water partition coefficient (Wildman–Crippen LogP) is 4.02. The lowest BCUT2D eigenvalue weighted by Crippen LogP contribution is -2.37. The van der Waals surface area contributed by atoms with E-state index in [-0.39, 0.29) is 29.3 Å². The van der Waals surface area contributed by atoms with Crippen molar-refractivity contribution in [1.29, 1.82) is 0 Å². The Kier molecular flexibility index (Phi) is 5.21. The first kappa shape index (κ1) is 18.4. The summed E-state index contributed by atoms with van der Waals surface area (Å²) in [4.78, 5) is 27.8. The molecule has 2 aromatic carbocycles. The van der Waals surface area contributed by atoms with Crippen molar-refractivity contribution in [3.63, 3.8) is 0 Å². The predicted molar refractivity (Wildman–Crippen MR) is 107 cm³/mol. The third-order valence-corrected chi connectivity index (χ3v) is 5.00. The summed E-state index contributed by atoms with van der Waals surface area (Å²) < 4.78 is 19.2. The van der Waals surface area contributed by atoms with E-state index in [1.807, 2.05) is 0 Å². The molecule has 0 unspecified atom stereocenters. The Hall–Kier alpha value is -2.99. The molecule has 1 N–H and O–H groups in total. The van der Waals surface area contributed by atoms with Crippen LogP contribution in [-0.2, 0) is 4.79 Å². The number of nitrogens with zero attached hydrogens (tertiary/aromatic N) is 1. The number of halogens is 1. The van der Waals surface area contributed by atoms with Crippen molar-refractivity contribution < 1.29 is 13.6 Å². The minimum absolute atomic E-state index is 0.0947. The summed E-state index contributed by atoms with van der Waals surface area (Å²) in [6, 6.07) is 12.5. The van der Waals surface area contributed by atoms with E-state index >= 15 is 0 Å². The highest BCUT2D eigenvalue weighted by Crippen LogP contribution is 2.29. The second kappa shape index (κ2) is 7.94. The summed E-state index contributed by atoms with van der Waals surface area (Å²) in [5.41, 5.74) is 0.855. The fourth-order valence-electron chi connectivity index (χ4n) is 3.60. The van der Waals surface area contributed by atoms with Gasteiger partial charge in [-0.3, -0.25) is 19.8 Å². The Balaban J connectivity index is 1.73. The number of amides is 1. The lowest BCUT2D eigenvalue weighted by molar-refractivity contribution is -0.117. The number of rotatable bonds is 4. The van der Waals surface area contributed by atoms with Gasteiger partial charge in [-0.1, -0.05) is 30.7 Å². The van der Waals surface area contributed by atoms with Crippen molar-refractivity contribution in [3.8, 4) is 11.1 Å². The van der Waals surface area contributed by atoms with E-state index in [9.17, 15) is 14.0 Å². The van der Waals surface area contributed by atoms with Crippen LogP contribution in [0.5, 0.6) is 0 Å². The minimum Gasteiger partial charge on any atom is -0.439 e. The quantitative estimate of drug-likeness (QED) is 0.743. The number of carbonyl (C=O) groups is 1. The summed E-state index contributed by atoms with van der Waals surface area (Å²) in [5, 5.41) is 3.18. The summed E-state index contributed by atoms with van der Waals surface area (Å²) in [6.07, 6.45) is 3.35. The molecule has 1 fully saturated rings. The highest BCUT2D eigenvalue weighted by atomic mass is 19.1. The van der Waals surface area contributed by atoms with Crippen LogP contribution in [0.15, 0.2) is 57.7 Å². The number of fused-ring (bicyclic) bond motifs is 1. The SMILES string of the molecule is O=C(CN1CCCCC1)Nc1oc2ccccc2c(=O)c1-c1ccc(F)cc1. The number of hydrogen-bond donors (Lipinski definition) is 1. The molecule has 4 rings (SSSR count). The first-order valence-corrected chi connectivity index (χ1v) is 9.46. The van der Waals surface area contributed by atoms with Gasteiger partial charge in [-0.25, -0.2) is 4.39 Å². The monoisotopic (exact) mass is 380 g/mol. The standard InChI is InChI=1S/C22H21FN2O3/c23-16-10-8-15(9-11-16)20-21(27)17-6-2-3-7-18(17)28-22(20)24-19(26)14-25-12-4-1-5-13-25/h2-3,6-11H,1,4-5,12-14H2,(H,24,26). The van der Waals surface area contributed by atoms with Crippen LogP contribution in [0.3, 0.4) is 0 Å². The van der Waals surface area contributed by atoms with E-state index in [0.29, 0.717) is 16.5 Å². The van der Waals surface area contributed by atoms with Gasteiger partial charge in [0.05, 0.1) is 17.5 Å². The summed E-state index contributed by atoms with van der Waals surface area (Å²) in [6.45, 7) is 2.03. The van der Waals surface area contributed by atoms with E-state index in [2.05, 4.69) is 10.2 Å². The molecule has 28 heavy (non-hydrogen) atoms. The van der Waals surface area contributed by atoms with Gasteiger partial charge in [0.1, 0.15) is 11.4 Å². The molecule has 3 aromatic rings. The molecule has 2 heterocycles. The summed E-state index contributed by atoms with van der Waals surface area (Å²) in [5.74, 6) is -0.536. The minimum atomic E-state index is -0.399. The van der Waals surface area contributed by atoms with E-state index in [1.54, 1.807) is 24.3 Å². The Labute approximate surface area is 161 Å². The Morgan fingerprint density at radius 3 is 2.50 bits per heavy atom. The molecule has 1 aromatic heterocycles. The van der Waals surface area contributed by atoms with Gasteiger partial charge < -0.3 is 4.42 Å². The number of anilines is 1. The van der Waals surface area contributed by atoms with E-state index in [4.69, 9.17) is 4.42 Å². The summed E-state index contributed by atoms with van der Waals surface area (Å²) in [7, 11) is 0. The molecule has 1 aliphatic rings. The number of carbonyl (C=O) groups excluding carboxylic acids is 1.